The Hall–Kier alpha value is -2.41. The number of hydrogen-bond donors (Lipinski definition) is 2. The van der Waals surface area contributed by atoms with Crippen LogP contribution in [0.2, 0.25) is 0 Å². The summed E-state index contributed by atoms with van der Waals surface area (Å²) in [7, 11) is 0. The first-order valence-electron chi connectivity index (χ1n) is 6.45. The number of amides is 2. The Morgan fingerprint density at radius 1 is 1.23 bits per heavy atom. The summed E-state index contributed by atoms with van der Waals surface area (Å²) in [4.78, 5) is 27.2. The van der Waals surface area contributed by atoms with E-state index >= 15 is 0 Å². The van der Waals surface area contributed by atoms with Gasteiger partial charge in [-0.3, -0.25) is 25.4 Å². The molecule has 1 aromatic carbocycles. The van der Waals surface area contributed by atoms with E-state index in [1.54, 1.807) is 24.3 Å². The van der Waals surface area contributed by atoms with E-state index in [9.17, 15) is 9.59 Å². The predicted octanol–water partition coefficient (Wildman–Crippen LogP) is 1.99. The molecule has 6 nitrogen and oxygen atoms in total. The monoisotopic (exact) mass is 363 g/mol. The number of halogens is 1. The summed E-state index contributed by atoms with van der Waals surface area (Å²) in [5.74, 6) is -0.418. The summed E-state index contributed by atoms with van der Waals surface area (Å²) in [5.41, 5.74) is 5.82. The number of carbonyl (C=O) groups excluding carboxylic acids is 2. The van der Waals surface area contributed by atoms with E-state index in [4.69, 9.17) is 4.74 Å². The Kier molecular flexibility index (Phi) is 5.48. The van der Waals surface area contributed by atoms with Gasteiger partial charge in [0.15, 0.2) is 6.61 Å². The SMILES string of the molecule is Cc1ccc(OCC(=O)NNC(=O)c2ccccn2)c(Br)c1. The molecule has 2 rings (SSSR count). The number of nitrogens with zero attached hydrogens (tertiary/aromatic N) is 1. The van der Waals surface area contributed by atoms with Crippen LogP contribution in [0.15, 0.2) is 47.1 Å². The van der Waals surface area contributed by atoms with Gasteiger partial charge in [-0.25, -0.2) is 0 Å². The van der Waals surface area contributed by atoms with Gasteiger partial charge in [-0.05, 0) is 52.7 Å². The minimum atomic E-state index is -0.495. The maximum atomic E-state index is 11.7. The molecule has 0 unspecified atom stereocenters. The smallest absolute Gasteiger partial charge is 0.288 e. The van der Waals surface area contributed by atoms with Crippen LogP contribution in [-0.2, 0) is 4.79 Å². The number of nitrogens with one attached hydrogen (secondary N) is 2. The first-order chi connectivity index (χ1) is 10.6. The van der Waals surface area contributed by atoms with E-state index in [0.29, 0.717) is 5.75 Å². The number of pyridine rings is 1. The van der Waals surface area contributed by atoms with Crippen molar-refractivity contribution >= 4 is 27.7 Å². The van der Waals surface area contributed by atoms with E-state index in [0.717, 1.165) is 10.0 Å². The van der Waals surface area contributed by atoms with Crippen LogP contribution in [-0.4, -0.2) is 23.4 Å². The summed E-state index contributed by atoms with van der Waals surface area (Å²) in [5, 5.41) is 0. The molecule has 0 bridgehead atoms. The molecular formula is C15H14BrN3O3. The lowest BCUT2D eigenvalue weighted by molar-refractivity contribution is -0.123. The van der Waals surface area contributed by atoms with Gasteiger partial charge < -0.3 is 4.74 Å². The highest BCUT2D eigenvalue weighted by molar-refractivity contribution is 9.10. The molecule has 2 amide bonds. The van der Waals surface area contributed by atoms with Crippen LogP contribution in [0.3, 0.4) is 0 Å². The maximum absolute atomic E-state index is 11.7. The Labute approximate surface area is 136 Å². The van der Waals surface area contributed by atoms with Gasteiger partial charge >= 0.3 is 0 Å². The number of aromatic nitrogens is 1. The molecule has 0 radical (unpaired) electrons. The highest BCUT2D eigenvalue weighted by Crippen LogP contribution is 2.25. The number of aryl methyl sites for hydroxylation is 1. The molecule has 22 heavy (non-hydrogen) atoms. The number of ether oxygens (including phenoxy) is 1. The summed E-state index contributed by atoms with van der Waals surface area (Å²) >= 11 is 3.36. The van der Waals surface area contributed by atoms with E-state index in [-0.39, 0.29) is 12.3 Å². The Morgan fingerprint density at radius 2 is 2.05 bits per heavy atom. The lowest BCUT2D eigenvalue weighted by Gasteiger charge is -2.10. The largest absolute Gasteiger partial charge is 0.483 e. The van der Waals surface area contributed by atoms with Crippen molar-refractivity contribution in [2.45, 2.75) is 6.92 Å². The summed E-state index contributed by atoms with van der Waals surface area (Å²) < 4.78 is 6.13. The summed E-state index contributed by atoms with van der Waals surface area (Å²) in [6, 6.07) is 10.4. The van der Waals surface area contributed by atoms with E-state index in [1.165, 1.54) is 6.20 Å². The molecular weight excluding hydrogens is 350 g/mol. The van der Waals surface area contributed by atoms with Gasteiger partial charge in [-0.1, -0.05) is 12.1 Å². The van der Waals surface area contributed by atoms with Gasteiger partial charge in [-0.15, -0.1) is 0 Å². The van der Waals surface area contributed by atoms with E-state index in [2.05, 4.69) is 31.8 Å². The Bertz CT molecular complexity index is 677. The zero-order valence-corrected chi connectivity index (χ0v) is 13.4. The lowest BCUT2D eigenvalue weighted by atomic mass is 10.2. The molecule has 0 saturated carbocycles. The fraction of sp³-hybridized carbons (Fsp3) is 0.133. The van der Waals surface area contributed by atoms with Gasteiger partial charge in [0, 0.05) is 6.20 Å². The standard InChI is InChI=1S/C15H14BrN3O3/c1-10-5-6-13(11(16)8-10)22-9-14(20)18-19-15(21)12-4-2-3-7-17-12/h2-8H,9H2,1H3,(H,18,20)(H,19,21). The van der Waals surface area contributed by atoms with Crippen molar-refractivity contribution in [1.82, 2.24) is 15.8 Å². The van der Waals surface area contributed by atoms with E-state index < -0.39 is 11.8 Å². The second-order valence-corrected chi connectivity index (χ2v) is 5.29. The van der Waals surface area contributed by atoms with Crippen LogP contribution in [0.5, 0.6) is 5.75 Å². The molecule has 0 saturated heterocycles. The van der Waals surface area contributed by atoms with Crippen LogP contribution in [0.1, 0.15) is 16.1 Å². The quantitative estimate of drug-likeness (QED) is 0.814. The fourth-order valence-corrected chi connectivity index (χ4v) is 2.20. The fourth-order valence-electron chi connectivity index (χ4n) is 1.59. The molecule has 1 heterocycles. The van der Waals surface area contributed by atoms with Crippen molar-refractivity contribution in [3.63, 3.8) is 0 Å². The van der Waals surface area contributed by atoms with Crippen molar-refractivity contribution in [3.8, 4) is 5.75 Å². The number of carbonyl (C=O) groups is 2. The average molecular weight is 364 g/mol. The Morgan fingerprint density at radius 3 is 2.73 bits per heavy atom. The van der Waals surface area contributed by atoms with Crippen molar-refractivity contribution in [1.29, 1.82) is 0 Å². The molecule has 0 aliphatic heterocycles. The molecule has 114 valence electrons. The van der Waals surface area contributed by atoms with Crippen molar-refractivity contribution < 1.29 is 14.3 Å². The number of benzene rings is 1. The molecule has 0 atom stereocenters. The minimum Gasteiger partial charge on any atom is -0.483 e. The highest BCUT2D eigenvalue weighted by Gasteiger charge is 2.09. The molecule has 0 fully saturated rings. The van der Waals surface area contributed by atoms with Crippen molar-refractivity contribution in [2.75, 3.05) is 6.61 Å². The molecule has 2 aromatic rings. The maximum Gasteiger partial charge on any atom is 0.288 e. The summed E-state index contributed by atoms with van der Waals surface area (Å²) in [6.45, 7) is 1.73. The number of rotatable bonds is 4. The van der Waals surface area contributed by atoms with Gasteiger partial charge in [0.25, 0.3) is 11.8 Å². The molecule has 7 heteroatoms. The van der Waals surface area contributed by atoms with Crippen LogP contribution < -0.4 is 15.6 Å². The van der Waals surface area contributed by atoms with Crippen molar-refractivity contribution in [2.24, 2.45) is 0 Å². The first kappa shape index (κ1) is 16.0. The number of hydrazine groups is 1. The Balaban J connectivity index is 1.80. The zero-order valence-electron chi connectivity index (χ0n) is 11.8. The minimum absolute atomic E-state index is 0.213. The average Bonchev–Trinajstić information content (AvgIpc) is 2.52. The van der Waals surface area contributed by atoms with Gasteiger partial charge in [0.2, 0.25) is 0 Å². The third kappa shape index (κ3) is 4.56. The predicted molar refractivity (Wildman–Crippen MR) is 84.2 cm³/mol. The van der Waals surface area contributed by atoms with Gasteiger partial charge in [-0.2, -0.15) is 0 Å². The molecule has 0 aliphatic carbocycles. The molecule has 2 N–H and O–H groups in total. The molecule has 1 aromatic heterocycles. The van der Waals surface area contributed by atoms with Crippen LogP contribution in [0, 0.1) is 6.92 Å². The van der Waals surface area contributed by atoms with E-state index in [1.807, 2.05) is 19.1 Å². The normalized spacial score (nSPS) is 9.91. The van der Waals surface area contributed by atoms with Gasteiger partial charge in [0.1, 0.15) is 11.4 Å². The molecule has 0 spiro atoms. The third-order valence-electron chi connectivity index (χ3n) is 2.66. The lowest BCUT2D eigenvalue weighted by Crippen LogP contribution is -2.44. The second-order valence-electron chi connectivity index (χ2n) is 4.44. The van der Waals surface area contributed by atoms with Crippen LogP contribution in [0.4, 0.5) is 0 Å². The second kappa shape index (κ2) is 7.56. The molecule has 0 aliphatic rings. The van der Waals surface area contributed by atoms with Crippen LogP contribution >= 0.6 is 15.9 Å². The summed E-state index contributed by atoms with van der Waals surface area (Å²) in [6.07, 6.45) is 1.49. The van der Waals surface area contributed by atoms with Crippen molar-refractivity contribution in [3.05, 3.63) is 58.3 Å². The zero-order chi connectivity index (χ0) is 15.9. The number of hydrogen-bond acceptors (Lipinski definition) is 4. The van der Waals surface area contributed by atoms with Gasteiger partial charge in [0.05, 0.1) is 4.47 Å². The topological polar surface area (TPSA) is 80.3 Å². The van der Waals surface area contributed by atoms with Crippen LogP contribution in [0.25, 0.3) is 0 Å². The highest BCUT2D eigenvalue weighted by atomic mass is 79.9. The first-order valence-corrected chi connectivity index (χ1v) is 7.25. The third-order valence-corrected chi connectivity index (χ3v) is 3.28.